The number of ether oxygens (including phenoxy) is 1. The highest BCUT2D eigenvalue weighted by molar-refractivity contribution is 7.17. The molecular formula is C17H20ClNO3S. The second-order valence-corrected chi connectivity index (χ2v) is 6.72. The van der Waals surface area contributed by atoms with E-state index in [1.54, 1.807) is 19.1 Å². The Morgan fingerprint density at radius 3 is 2.78 bits per heavy atom. The molecule has 23 heavy (non-hydrogen) atoms. The van der Waals surface area contributed by atoms with Crippen LogP contribution >= 0.6 is 22.9 Å². The molecule has 1 aromatic carbocycles. The number of hydrogen-bond donors (Lipinski definition) is 1. The summed E-state index contributed by atoms with van der Waals surface area (Å²) in [6, 6.07) is 5.35. The first-order valence-corrected chi connectivity index (χ1v) is 8.85. The highest BCUT2D eigenvalue weighted by Crippen LogP contribution is 2.36. The molecule has 0 bridgehead atoms. The van der Waals surface area contributed by atoms with Gasteiger partial charge in [0, 0.05) is 5.02 Å². The Hall–Kier alpha value is -1.59. The molecule has 4 nitrogen and oxygen atoms in total. The van der Waals surface area contributed by atoms with Crippen molar-refractivity contribution in [2.24, 2.45) is 0 Å². The molecule has 0 amide bonds. The number of thiazole rings is 1. The number of aromatic nitrogens is 1. The van der Waals surface area contributed by atoms with Gasteiger partial charge in [0.2, 0.25) is 0 Å². The summed E-state index contributed by atoms with van der Waals surface area (Å²) >= 11 is 7.23. The number of carboxylic acid groups (broad SMARTS) is 1. The van der Waals surface area contributed by atoms with E-state index >= 15 is 0 Å². The highest BCUT2D eigenvalue weighted by atomic mass is 35.5. The molecule has 0 saturated heterocycles. The van der Waals surface area contributed by atoms with Gasteiger partial charge in [-0.3, -0.25) is 0 Å². The van der Waals surface area contributed by atoms with E-state index in [0.29, 0.717) is 28.1 Å². The molecule has 0 unspecified atom stereocenters. The lowest BCUT2D eigenvalue weighted by atomic mass is 10.2. The standard InChI is InChI=1S/C17H20ClNO3S/c1-3-4-5-6-9-22-14-8-7-12(18)10-13(14)16-19-11(2)15(23-16)17(20)21/h7-8,10H,3-6,9H2,1-2H3,(H,20,21). The normalized spacial score (nSPS) is 10.7. The van der Waals surface area contributed by atoms with E-state index in [9.17, 15) is 9.90 Å². The van der Waals surface area contributed by atoms with Crippen molar-refractivity contribution in [3.63, 3.8) is 0 Å². The van der Waals surface area contributed by atoms with Gasteiger partial charge in [-0.15, -0.1) is 11.3 Å². The van der Waals surface area contributed by atoms with Crippen LogP contribution in [0.5, 0.6) is 5.75 Å². The third-order valence-corrected chi connectivity index (χ3v) is 4.83. The lowest BCUT2D eigenvalue weighted by Crippen LogP contribution is -1.98. The van der Waals surface area contributed by atoms with Gasteiger partial charge in [0.25, 0.3) is 0 Å². The Kier molecular flexibility index (Phi) is 6.42. The second kappa shape index (κ2) is 8.31. The average Bonchev–Trinajstić information content (AvgIpc) is 2.90. The van der Waals surface area contributed by atoms with Crippen molar-refractivity contribution in [2.45, 2.75) is 39.5 Å². The number of halogens is 1. The zero-order valence-electron chi connectivity index (χ0n) is 13.3. The van der Waals surface area contributed by atoms with Crippen LogP contribution in [0.25, 0.3) is 10.6 Å². The van der Waals surface area contributed by atoms with Gasteiger partial charge in [0.1, 0.15) is 15.6 Å². The van der Waals surface area contributed by atoms with Crippen LogP contribution in [0.1, 0.15) is 48.0 Å². The Morgan fingerprint density at radius 1 is 1.35 bits per heavy atom. The number of rotatable bonds is 8. The van der Waals surface area contributed by atoms with Crippen molar-refractivity contribution < 1.29 is 14.6 Å². The Bertz CT molecular complexity index is 684. The van der Waals surface area contributed by atoms with Crippen molar-refractivity contribution in [3.8, 4) is 16.3 Å². The third-order valence-electron chi connectivity index (χ3n) is 3.42. The summed E-state index contributed by atoms with van der Waals surface area (Å²) in [6.45, 7) is 4.49. The van der Waals surface area contributed by atoms with E-state index in [4.69, 9.17) is 16.3 Å². The topological polar surface area (TPSA) is 59.4 Å². The third kappa shape index (κ3) is 4.69. The summed E-state index contributed by atoms with van der Waals surface area (Å²) in [5.41, 5.74) is 1.25. The highest BCUT2D eigenvalue weighted by Gasteiger charge is 2.18. The molecule has 0 radical (unpaired) electrons. The number of aryl methyl sites for hydroxylation is 1. The molecule has 1 N–H and O–H groups in total. The molecule has 2 rings (SSSR count). The van der Waals surface area contributed by atoms with Gasteiger partial charge >= 0.3 is 5.97 Å². The van der Waals surface area contributed by atoms with Gasteiger partial charge in [-0.2, -0.15) is 0 Å². The van der Waals surface area contributed by atoms with Crippen molar-refractivity contribution in [2.75, 3.05) is 6.61 Å². The van der Waals surface area contributed by atoms with Crippen molar-refractivity contribution in [3.05, 3.63) is 33.8 Å². The minimum atomic E-state index is -0.963. The lowest BCUT2D eigenvalue weighted by Gasteiger charge is -2.10. The molecule has 0 aliphatic heterocycles. The summed E-state index contributed by atoms with van der Waals surface area (Å²) in [7, 11) is 0. The number of carbonyl (C=O) groups is 1. The monoisotopic (exact) mass is 353 g/mol. The van der Waals surface area contributed by atoms with Crippen LogP contribution in [0, 0.1) is 6.92 Å². The quantitative estimate of drug-likeness (QED) is 0.643. The van der Waals surface area contributed by atoms with Crippen molar-refractivity contribution in [1.29, 1.82) is 0 Å². The van der Waals surface area contributed by atoms with Gasteiger partial charge in [-0.05, 0) is 31.5 Å². The summed E-state index contributed by atoms with van der Waals surface area (Å²) < 4.78 is 5.86. The van der Waals surface area contributed by atoms with Crippen molar-refractivity contribution >= 4 is 28.9 Å². The summed E-state index contributed by atoms with van der Waals surface area (Å²) in [4.78, 5) is 15.8. The summed E-state index contributed by atoms with van der Waals surface area (Å²) in [6.07, 6.45) is 4.51. The van der Waals surface area contributed by atoms with E-state index in [1.165, 1.54) is 12.8 Å². The summed E-state index contributed by atoms with van der Waals surface area (Å²) in [5.74, 6) is -0.271. The number of unbranched alkanes of at least 4 members (excludes halogenated alkanes) is 3. The number of carboxylic acids is 1. The van der Waals surface area contributed by atoms with Crippen LogP contribution in [0.3, 0.4) is 0 Å². The maximum atomic E-state index is 11.2. The zero-order chi connectivity index (χ0) is 16.8. The number of benzene rings is 1. The Morgan fingerprint density at radius 2 is 2.13 bits per heavy atom. The van der Waals surface area contributed by atoms with Crippen LogP contribution in [0.15, 0.2) is 18.2 Å². The van der Waals surface area contributed by atoms with E-state index in [-0.39, 0.29) is 4.88 Å². The van der Waals surface area contributed by atoms with Crippen LogP contribution in [-0.2, 0) is 0 Å². The fraction of sp³-hybridized carbons (Fsp3) is 0.412. The fourth-order valence-electron chi connectivity index (χ4n) is 2.22. The van der Waals surface area contributed by atoms with Crippen LogP contribution in [0.4, 0.5) is 0 Å². The van der Waals surface area contributed by atoms with Crippen molar-refractivity contribution in [1.82, 2.24) is 4.98 Å². The smallest absolute Gasteiger partial charge is 0.347 e. The minimum Gasteiger partial charge on any atom is -0.493 e. The fourth-order valence-corrected chi connectivity index (χ4v) is 3.31. The molecule has 0 fully saturated rings. The van der Waals surface area contributed by atoms with E-state index in [2.05, 4.69) is 11.9 Å². The van der Waals surface area contributed by atoms with E-state index in [1.807, 2.05) is 6.07 Å². The van der Waals surface area contributed by atoms with Gasteiger partial charge in [-0.1, -0.05) is 37.8 Å². The molecule has 0 aliphatic rings. The predicted molar refractivity (Wildman–Crippen MR) is 93.9 cm³/mol. The molecule has 124 valence electrons. The maximum absolute atomic E-state index is 11.2. The van der Waals surface area contributed by atoms with Gasteiger partial charge in [-0.25, -0.2) is 9.78 Å². The minimum absolute atomic E-state index is 0.244. The molecule has 0 spiro atoms. The Balaban J connectivity index is 2.21. The molecule has 0 saturated carbocycles. The maximum Gasteiger partial charge on any atom is 0.347 e. The van der Waals surface area contributed by atoms with Gasteiger partial charge in [0.15, 0.2) is 0 Å². The first-order chi connectivity index (χ1) is 11.0. The largest absolute Gasteiger partial charge is 0.493 e. The molecule has 0 aliphatic carbocycles. The predicted octanol–water partition coefficient (Wildman–Crippen LogP) is 5.43. The number of aromatic carboxylic acids is 1. The number of hydrogen-bond acceptors (Lipinski definition) is 4. The second-order valence-electron chi connectivity index (χ2n) is 5.29. The van der Waals surface area contributed by atoms with Gasteiger partial charge in [0.05, 0.1) is 17.9 Å². The van der Waals surface area contributed by atoms with Crippen LogP contribution in [-0.4, -0.2) is 22.7 Å². The van der Waals surface area contributed by atoms with Gasteiger partial charge < -0.3 is 9.84 Å². The zero-order valence-corrected chi connectivity index (χ0v) is 14.8. The SMILES string of the molecule is CCCCCCOc1ccc(Cl)cc1-c1nc(C)c(C(=O)O)s1. The molecule has 6 heteroatoms. The molecule has 1 aromatic heterocycles. The molecule has 2 aromatic rings. The summed E-state index contributed by atoms with van der Waals surface area (Å²) in [5, 5.41) is 10.4. The molecule has 1 heterocycles. The van der Waals surface area contributed by atoms with Crippen LogP contribution < -0.4 is 4.74 Å². The molecule has 0 atom stereocenters. The number of nitrogens with zero attached hydrogens (tertiary/aromatic N) is 1. The molecular weight excluding hydrogens is 334 g/mol. The average molecular weight is 354 g/mol. The Labute approximate surface area is 145 Å². The first kappa shape index (κ1) is 17.8. The van der Waals surface area contributed by atoms with E-state index < -0.39 is 5.97 Å². The van der Waals surface area contributed by atoms with E-state index in [0.717, 1.165) is 29.7 Å². The van der Waals surface area contributed by atoms with Crippen LogP contribution in [0.2, 0.25) is 5.02 Å². The first-order valence-electron chi connectivity index (χ1n) is 7.66. The lowest BCUT2D eigenvalue weighted by molar-refractivity contribution is 0.0701.